The van der Waals surface area contributed by atoms with Gasteiger partial charge in [0.1, 0.15) is 12.4 Å². The van der Waals surface area contributed by atoms with Crippen LogP contribution < -0.4 is 4.74 Å². The first-order valence-corrected chi connectivity index (χ1v) is 11.9. The molecule has 0 bridgehead atoms. The second-order valence-corrected chi connectivity index (χ2v) is 9.05. The quantitative estimate of drug-likeness (QED) is 0.362. The summed E-state index contributed by atoms with van der Waals surface area (Å²) in [4.78, 5) is 19.8. The van der Waals surface area contributed by atoms with Gasteiger partial charge in [0.25, 0.3) is 0 Å². The van der Waals surface area contributed by atoms with Gasteiger partial charge in [0.15, 0.2) is 0 Å². The SMILES string of the molecule is Cc1nc(COc2ccccc2/C=C/C(=O)N2CCn3cccc3C2c2ccccc2)cs1. The molecule has 0 fully saturated rings. The van der Waals surface area contributed by atoms with Crippen molar-refractivity contribution in [1.29, 1.82) is 0 Å². The molecule has 0 saturated heterocycles. The van der Waals surface area contributed by atoms with Crippen LogP contribution in [0.5, 0.6) is 5.75 Å². The van der Waals surface area contributed by atoms with Gasteiger partial charge < -0.3 is 14.2 Å². The molecule has 2 aromatic heterocycles. The summed E-state index contributed by atoms with van der Waals surface area (Å²) >= 11 is 1.61. The van der Waals surface area contributed by atoms with Gasteiger partial charge in [0.2, 0.25) is 5.91 Å². The second kappa shape index (κ2) is 9.46. The Morgan fingerprint density at radius 3 is 2.73 bits per heavy atom. The molecule has 2 aromatic carbocycles. The summed E-state index contributed by atoms with van der Waals surface area (Å²) in [6.45, 7) is 3.84. The Kier molecular flexibility index (Phi) is 6.09. The van der Waals surface area contributed by atoms with E-state index in [1.165, 1.54) is 0 Å². The lowest BCUT2D eigenvalue weighted by atomic mass is 10.00. The number of carbonyl (C=O) groups excluding carboxylic acids is 1. The largest absolute Gasteiger partial charge is 0.487 e. The third kappa shape index (κ3) is 4.61. The molecule has 4 aromatic rings. The number of amides is 1. The molecule has 5 nitrogen and oxygen atoms in total. The first-order chi connectivity index (χ1) is 16.2. The van der Waals surface area contributed by atoms with Crippen molar-refractivity contribution in [2.45, 2.75) is 26.1 Å². The van der Waals surface area contributed by atoms with E-state index in [0.717, 1.165) is 39.8 Å². The zero-order valence-electron chi connectivity index (χ0n) is 18.4. The number of thiazole rings is 1. The topological polar surface area (TPSA) is 47.4 Å². The maximum Gasteiger partial charge on any atom is 0.247 e. The van der Waals surface area contributed by atoms with E-state index in [1.54, 1.807) is 17.4 Å². The van der Waals surface area contributed by atoms with Gasteiger partial charge in [-0.2, -0.15) is 0 Å². The molecule has 3 heterocycles. The standard InChI is InChI=1S/C27H25N3O2S/c1-20-28-23(19-33-20)18-32-25-12-6-5-8-21(25)13-14-26(31)30-17-16-29-15-7-11-24(29)27(30)22-9-3-2-4-10-22/h2-15,19,27H,16-18H2,1H3/b14-13+. The van der Waals surface area contributed by atoms with Gasteiger partial charge in [-0.3, -0.25) is 4.79 Å². The van der Waals surface area contributed by atoms with E-state index in [1.807, 2.05) is 71.8 Å². The number of rotatable bonds is 6. The summed E-state index contributed by atoms with van der Waals surface area (Å²) in [7, 11) is 0. The maximum atomic E-state index is 13.4. The van der Waals surface area contributed by atoms with E-state index in [0.29, 0.717) is 13.2 Å². The van der Waals surface area contributed by atoms with Crippen LogP contribution in [0, 0.1) is 6.92 Å². The lowest BCUT2D eigenvalue weighted by Crippen LogP contribution is -2.41. The van der Waals surface area contributed by atoms with Gasteiger partial charge in [-0.05, 0) is 36.8 Å². The number of para-hydroxylation sites is 1. The predicted octanol–water partition coefficient (Wildman–Crippen LogP) is 5.48. The highest BCUT2D eigenvalue weighted by atomic mass is 32.1. The molecule has 33 heavy (non-hydrogen) atoms. The van der Waals surface area contributed by atoms with Crippen molar-refractivity contribution in [3.05, 3.63) is 112 Å². The zero-order chi connectivity index (χ0) is 22.6. The van der Waals surface area contributed by atoms with Gasteiger partial charge in [-0.15, -0.1) is 11.3 Å². The second-order valence-electron chi connectivity index (χ2n) is 7.99. The van der Waals surface area contributed by atoms with Crippen molar-refractivity contribution in [2.75, 3.05) is 6.54 Å². The number of fused-ring (bicyclic) bond motifs is 1. The van der Waals surface area contributed by atoms with Crippen molar-refractivity contribution in [3.63, 3.8) is 0 Å². The molecule has 1 aliphatic rings. The third-order valence-electron chi connectivity index (χ3n) is 5.80. The van der Waals surface area contributed by atoms with Crippen LogP contribution in [-0.4, -0.2) is 26.9 Å². The van der Waals surface area contributed by atoms with Crippen LogP contribution in [-0.2, 0) is 17.9 Å². The molecule has 0 aliphatic carbocycles. The maximum absolute atomic E-state index is 13.4. The van der Waals surface area contributed by atoms with Crippen molar-refractivity contribution in [1.82, 2.24) is 14.5 Å². The summed E-state index contributed by atoms with van der Waals surface area (Å²) in [5, 5.41) is 3.03. The van der Waals surface area contributed by atoms with Gasteiger partial charge in [0, 0.05) is 42.0 Å². The molecule has 0 saturated carbocycles. The van der Waals surface area contributed by atoms with Gasteiger partial charge in [-0.25, -0.2) is 4.98 Å². The Bertz CT molecular complexity index is 1280. The molecule has 0 spiro atoms. The van der Waals surface area contributed by atoms with Crippen LogP contribution in [0.1, 0.15) is 33.6 Å². The smallest absolute Gasteiger partial charge is 0.247 e. The molecule has 1 amide bonds. The molecular weight excluding hydrogens is 430 g/mol. The number of nitrogens with zero attached hydrogens (tertiary/aromatic N) is 3. The fourth-order valence-electron chi connectivity index (χ4n) is 4.24. The van der Waals surface area contributed by atoms with Crippen molar-refractivity contribution in [3.8, 4) is 5.75 Å². The number of carbonyl (C=O) groups is 1. The number of benzene rings is 2. The number of hydrogen-bond acceptors (Lipinski definition) is 4. The minimum absolute atomic E-state index is 0.0127. The Balaban J connectivity index is 1.36. The highest BCUT2D eigenvalue weighted by Crippen LogP contribution is 2.32. The normalized spacial score (nSPS) is 15.5. The molecule has 1 unspecified atom stereocenters. The first kappa shape index (κ1) is 21.2. The highest BCUT2D eigenvalue weighted by Gasteiger charge is 2.30. The van der Waals surface area contributed by atoms with Crippen LogP contribution in [0.25, 0.3) is 6.08 Å². The zero-order valence-corrected chi connectivity index (χ0v) is 19.2. The molecule has 0 N–H and O–H groups in total. The lowest BCUT2D eigenvalue weighted by molar-refractivity contribution is -0.128. The summed E-state index contributed by atoms with van der Waals surface area (Å²) in [5.74, 6) is 0.723. The summed E-state index contributed by atoms with van der Waals surface area (Å²) in [5.41, 5.74) is 4.03. The van der Waals surface area contributed by atoms with Gasteiger partial charge in [-0.1, -0.05) is 48.5 Å². The fourth-order valence-corrected chi connectivity index (χ4v) is 4.84. The average Bonchev–Trinajstić information content (AvgIpc) is 3.50. The van der Waals surface area contributed by atoms with Crippen LogP contribution >= 0.6 is 11.3 Å². The fraction of sp³-hybridized carbons (Fsp3) is 0.185. The van der Waals surface area contributed by atoms with Crippen molar-refractivity contribution >= 4 is 23.3 Å². The number of aryl methyl sites for hydroxylation is 1. The number of ether oxygens (including phenoxy) is 1. The lowest BCUT2D eigenvalue weighted by Gasteiger charge is -2.36. The van der Waals surface area contributed by atoms with Gasteiger partial charge in [0.05, 0.1) is 16.7 Å². The average molecular weight is 456 g/mol. The molecule has 6 heteroatoms. The van der Waals surface area contributed by atoms with Crippen molar-refractivity contribution in [2.24, 2.45) is 0 Å². The molecule has 0 radical (unpaired) electrons. The van der Waals surface area contributed by atoms with Crippen LogP contribution in [0.4, 0.5) is 0 Å². The monoisotopic (exact) mass is 455 g/mol. The first-order valence-electron chi connectivity index (χ1n) is 11.0. The Labute approximate surface area is 197 Å². The molecular formula is C27H25N3O2S. The summed E-state index contributed by atoms with van der Waals surface area (Å²) in [6, 6.07) is 22.0. The summed E-state index contributed by atoms with van der Waals surface area (Å²) < 4.78 is 8.24. The van der Waals surface area contributed by atoms with E-state index in [2.05, 4.69) is 33.9 Å². The molecule has 5 rings (SSSR count). The Hall–Kier alpha value is -3.64. The van der Waals surface area contributed by atoms with E-state index in [9.17, 15) is 4.79 Å². The van der Waals surface area contributed by atoms with Crippen LogP contribution in [0.15, 0.2) is 84.4 Å². The highest BCUT2D eigenvalue weighted by molar-refractivity contribution is 7.09. The summed E-state index contributed by atoms with van der Waals surface area (Å²) in [6.07, 6.45) is 5.59. The van der Waals surface area contributed by atoms with E-state index in [-0.39, 0.29) is 11.9 Å². The van der Waals surface area contributed by atoms with Crippen LogP contribution in [0.2, 0.25) is 0 Å². The van der Waals surface area contributed by atoms with Gasteiger partial charge >= 0.3 is 0 Å². The number of hydrogen-bond donors (Lipinski definition) is 0. The van der Waals surface area contributed by atoms with E-state index < -0.39 is 0 Å². The predicted molar refractivity (Wildman–Crippen MR) is 131 cm³/mol. The van der Waals surface area contributed by atoms with Crippen LogP contribution in [0.3, 0.4) is 0 Å². The molecule has 1 atom stereocenters. The Morgan fingerprint density at radius 2 is 1.91 bits per heavy atom. The van der Waals surface area contributed by atoms with E-state index in [4.69, 9.17) is 4.74 Å². The number of aromatic nitrogens is 2. The van der Waals surface area contributed by atoms with Crippen molar-refractivity contribution < 1.29 is 9.53 Å². The minimum Gasteiger partial charge on any atom is -0.487 e. The third-order valence-corrected chi connectivity index (χ3v) is 6.63. The Morgan fingerprint density at radius 1 is 1.09 bits per heavy atom. The molecule has 1 aliphatic heterocycles. The van der Waals surface area contributed by atoms with E-state index >= 15 is 0 Å². The minimum atomic E-state index is -0.105. The molecule has 166 valence electrons.